The zero-order valence-corrected chi connectivity index (χ0v) is 17.2. The Balaban J connectivity index is 1.44. The maximum Gasteiger partial charge on any atom is 0.270 e. The highest BCUT2D eigenvalue weighted by Gasteiger charge is 2.46. The van der Waals surface area contributed by atoms with Gasteiger partial charge in [-0.2, -0.15) is 4.98 Å². The molecule has 0 aromatic carbocycles. The Morgan fingerprint density at radius 1 is 1.29 bits per heavy atom. The lowest BCUT2D eigenvalue weighted by Gasteiger charge is -2.26. The molecular weight excluding hydrogens is 398 g/mol. The predicted octanol–water partition coefficient (Wildman–Crippen LogP) is 1.27. The number of amides is 2. The number of nitrogens with zero attached hydrogens (tertiary/aromatic N) is 4. The summed E-state index contributed by atoms with van der Waals surface area (Å²) in [6, 6.07) is 1.67. The van der Waals surface area contributed by atoms with Gasteiger partial charge in [0, 0.05) is 17.9 Å². The molecule has 10 heteroatoms. The van der Waals surface area contributed by atoms with Gasteiger partial charge in [0.05, 0.1) is 5.71 Å². The van der Waals surface area contributed by atoms with Gasteiger partial charge < -0.3 is 10.7 Å². The average Bonchev–Trinajstić information content (AvgIpc) is 3.43. The van der Waals surface area contributed by atoms with Crippen LogP contribution in [0.5, 0.6) is 0 Å². The number of aromatic nitrogens is 4. The van der Waals surface area contributed by atoms with Gasteiger partial charge in [0.25, 0.3) is 11.5 Å². The molecule has 0 unspecified atom stereocenters. The maximum absolute atomic E-state index is 13.3. The molecule has 160 valence electrons. The van der Waals surface area contributed by atoms with Gasteiger partial charge >= 0.3 is 0 Å². The molecule has 2 amide bonds. The minimum atomic E-state index is -0.653. The molecule has 0 bridgehead atoms. The van der Waals surface area contributed by atoms with Gasteiger partial charge in [-0.15, -0.1) is 0 Å². The number of rotatable bonds is 5. The maximum atomic E-state index is 13.3. The van der Waals surface area contributed by atoms with Gasteiger partial charge in [0.15, 0.2) is 5.82 Å². The first-order valence-electron chi connectivity index (χ1n) is 10.5. The van der Waals surface area contributed by atoms with Crippen molar-refractivity contribution in [1.29, 1.82) is 5.41 Å². The van der Waals surface area contributed by atoms with E-state index >= 15 is 0 Å². The summed E-state index contributed by atoms with van der Waals surface area (Å²) in [5.74, 6) is -0.128. The van der Waals surface area contributed by atoms with Crippen molar-refractivity contribution in [2.45, 2.75) is 57.5 Å². The number of carbonyl (C=O) groups excluding carboxylic acids is 2. The standard InChI is InChI=1S/C21H23N7O3/c1-11-8-13(19(31)28-15(11)18(30)27-21(28)6-2-3-7-21)9-14(22)16-23-10-24-20(25-16)26-17(29)12-4-5-12/h8,10,12,22H,2-7,9H2,1H3,(H,27,30)(H,23,24,25,26,29). The zero-order valence-electron chi connectivity index (χ0n) is 17.2. The van der Waals surface area contributed by atoms with Crippen LogP contribution in [0.3, 0.4) is 0 Å². The van der Waals surface area contributed by atoms with Crippen LogP contribution in [0.2, 0.25) is 0 Å². The Bertz CT molecular complexity index is 1180. The molecule has 0 atom stereocenters. The summed E-state index contributed by atoms with van der Waals surface area (Å²) in [6.07, 6.45) is 6.34. The number of hydrogen-bond acceptors (Lipinski definition) is 7. The average molecular weight is 421 g/mol. The molecule has 3 aliphatic rings. The third-order valence-corrected chi connectivity index (χ3v) is 6.28. The van der Waals surface area contributed by atoms with Crippen LogP contribution in [0.4, 0.5) is 5.95 Å². The number of carbonyl (C=O) groups is 2. The third-order valence-electron chi connectivity index (χ3n) is 6.28. The summed E-state index contributed by atoms with van der Waals surface area (Å²) in [4.78, 5) is 50.0. The molecule has 10 nitrogen and oxygen atoms in total. The van der Waals surface area contributed by atoms with Crippen molar-refractivity contribution in [3.63, 3.8) is 0 Å². The Kier molecular flexibility index (Phi) is 4.45. The molecule has 2 aromatic heterocycles. The summed E-state index contributed by atoms with van der Waals surface area (Å²) in [6.45, 7) is 1.81. The fourth-order valence-electron chi connectivity index (χ4n) is 4.59. The van der Waals surface area contributed by atoms with Crippen molar-refractivity contribution in [1.82, 2.24) is 24.8 Å². The van der Waals surface area contributed by atoms with E-state index in [9.17, 15) is 14.4 Å². The van der Waals surface area contributed by atoms with E-state index in [2.05, 4.69) is 25.6 Å². The zero-order chi connectivity index (χ0) is 21.8. The number of aryl methyl sites for hydroxylation is 1. The second-order valence-corrected chi connectivity index (χ2v) is 8.59. The molecule has 2 aliphatic carbocycles. The van der Waals surface area contributed by atoms with E-state index in [0.717, 1.165) is 38.5 Å². The lowest BCUT2D eigenvalue weighted by atomic mass is 10.0. The Morgan fingerprint density at radius 2 is 2.03 bits per heavy atom. The van der Waals surface area contributed by atoms with Gasteiger partial charge in [-0.1, -0.05) is 0 Å². The highest BCUT2D eigenvalue weighted by atomic mass is 16.2. The number of hydrogen-bond donors (Lipinski definition) is 3. The van der Waals surface area contributed by atoms with Gasteiger partial charge in [-0.05, 0) is 57.1 Å². The minimum Gasteiger partial charge on any atom is -0.327 e. The number of pyridine rings is 1. The van der Waals surface area contributed by atoms with E-state index < -0.39 is 5.66 Å². The second kappa shape index (κ2) is 7.07. The van der Waals surface area contributed by atoms with Crippen LogP contribution in [0, 0.1) is 18.3 Å². The first-order valence-corrected chi connectivity index (χ1v) is 10.5. The molecule has 31 heavy (non-hydrogen) atoms. The van der Waals surface area contributed by atoms with Crippen LogP contribution in [0.1, 0.15) is 66.0 Å². The van der Waals surface area contributed by atoms with Crippen molar-refractivity contribution >= 4 is 23.5 Å². The molecule has 2 saturated carbocycles. The lowest BCUT2D eigenvalue weighted by Crippen LogP contribution is -2.45. The van der Waals surface area contributed by atoms with Gasteiger partial charge in [0.1, 0.15) is 17.7 Å². The first-order chi connectivity index (χ1) is 14.9. The first kappa shape index (κ1) is 19.5. The van der Waals surface area contributed by atoms with Crippen molar-refractivity contribution in [3.8, 4) is 0 Å². The van der Waals surface area contributed by atoms with Crippen molar-refractivity contribution in [3.05, 3.63) is 45.4 Å². The molecule has 3 heterocycles. The molecular formula is C21H23N7O3. The molecule has 1 aliphatic heterocycles. The number of anilines is 1. The van der Waals surface area contributed by atoms with Crippen LogP contribution in [-0.2, 0) is 16.9 Å². The minimum absolute atomic E-state index is 0.00771. The van der Waals surface area contributed by atoms with Gasteiger partial charge in [0.2, 0.25) is 11.9 Å². The highest BCUT2D eigenvalue weighted by Crippen LogP contribution is 2.38. The Labute approximate surface area is 178 Å². The van der Waals surface area contributed by atoms with E-state index in [1.54, 1.807) is 17.6 Å². The molecule has 0 saturated heterocycles. The van der Waals surface area contributed by atoms with E-state index in [1.165, 1.54) is 6.33 Å². The summed E-state index contributed by atoms with van der Waals surface area (Å²) in [7, 11) is 0. The van der Waals surface area contributed by atoms with E-state index in [1.807, 2.05) is 0 Å². The van der Waals surface area contributed by atoms with E-state index in [4.69, 9.17) is 5.41 Å². The fraction of sp³-hybridized carbons (Fsp3) is 0.476. The van der Waals surface area contributed by atoms with E-state index in [-0.39, 0.29) is 47.2 Å². The smallest absolute Gasteiger partial charge is 0.270 e. The molecule has 3 N–H and O–H groups in total. The second-order valence-electron chi connectivity index (χ2n) is 8.59. The third kappa shape index (κ3) is 3.31. The van der Waals surface area contributed by atoms with Crippen molar-refractivity contribution in [2.75, 3.05) is 5.32 Å². The van der Waals surface area contributed by atoms with Crippen LogP contribution in [0.15, 0.2) is 17.2 Å². The normalized spacial score (nSPS) is 18.7. The lowest BCUT2D eigenvalue weighted by molar-refractivity contribution is -0.117. The Morgan fingerprint density at radius 3 is 2.74 bits per heavy atom. The van der Waals surface area contributed by atoms with Gasteiger partial charge in [-0.3, -0.25) is 24.3 Å². The van der Waals surface area contributed by atoms with Crippen LogP contribution >= 0.6 is 0 Å². The fourth-order valence-corrected chi connectivity index (χ4v) is 4.59. The van der Waals surface area contributed by atoms with Crippen molar-refractivity contribution < 1.29 is 9.59 Å². The summed E-state index contributed by atoms with van der Waals surface area (Å²) in [5, 5.41) is 14.1. The van der Waals surface area contributed by atoms with Crippen molar-refractivity contribution in [2.24, 2.45) is 5.92 Å². The monoisotopic (exact) mass is 421 g/mol. The van der Waals surface area contributed by atoms with Crippen LogP contribution < -0.4 is 16.2 Å². The molecule has 5 rings (SSSR count). The SMILES string of the molecule is Cc1cc(CC(=N)c2ncnc(NC(=O)C3CC3)n2)c(=O)n2c1C(=O)NC21CCCC1. The summed E-state index contributed by atoms with van der Waals surface area (Å²) < 4.78 is 1.61. The molecule has 2 aromatic rings. The van der Waals surface area contributed by atoms with E-state index in [0.29, 0.717) is 16.8 Å². The van der Waals surface area contributed by atoms with Crippen LogP contribution in [-0.4, -0.2) is 37.0 Å². The number of nitrogens with one attached hydrogen (secondary N) is 3. The van der Waals surface area contributed by atoms with Gasteiger partial charge in [-0.25, -0.2) is 9.97 Å². The highest BCUT2D eigenvalue weighted by molar-refractivity contribution is 5.98. The molecule has 0 radical (unpaired) electrons. The topological polar surface area (TPSA) is 143 Å². The van der Waals surface area contributed by atoms with Crippen LogP contribution in [0.25, 0.3) is 0 Å². The molecule has 1 spiro atoms. The quantitative estimate of drug-likeness (QED) is 0.621. The Hall–Kier alpha value is -3.43. The molecule has 2 fully saturated rings. The number of fused-ring (bicyclic) bond motifs is 2. The summed E-state index contributed by atoms with van der Waals surface area (Å²) in [5.41, 5.74) is 0.656. The summed E-state index contributed by atoms with van der Waals surface area (Å²) >= 11 is 0. The largest absolute Gasteiger partial charge is 0.327 e. The predicted molar refractivity (Wildman–Crippen MR) is 111 cm³/mol.